The Labute approximate surface area is 198 Å². The van der Waals surface area contributed by atoms with Crippen molar-refractivity contribution in [3.05, 3.63) is 65.7 Å². The molecule has 0 N–H and O–H groups in total. The van der Waals surface area contributed by atoms with Crippen molar-refractivity contribution in [3.8, 4) is 0 Å². The second kappa shape index (κ2) is 11.1. The predicted molar refractivity (Wildman–Crippen MR) is 127 cm³/mol. The van der Waals surface area contributed by atoms with Crippen LogP contribution in [0.25, 0.3) is 0 Å². The van der Waals surface area contributed by atoms with Crippen LogP contribution in [0.4, 0.5) is 0 Å². The summed E-state index contributed by atoms with van der Waals surface area (Å²) in [7, 11) is -3.85. The molecule has 1 fully saturated rings. The number of benzene rings is 2. The van der Waals surface area contributed by atoms with Crippen molar-refractivity contribution in [2.75, 3.05) is 13.2 Å². The largest absolute Gasteiger partial charge is 0.373 e. The van der Waals surface area contributed by atoms with E-state index in [4.69, 9.17) is 18.4 Å². The minimum Gasteiger partial charge on any atom is -0.373 e. The van der Waals surface area contributed by atoms with Gasteiger partial charge in [0, 0.05) is 11.8 Å². The highest BCUT2D eigenvalue weighted by atomic mass is 32.2. The maximum Gasteiger partial charge on any atom is 0.296 e. The van der Waals surface area contributed by atoms with Crippen LogP contribution in [0.2, 0.25) is 0 Å². The van der Waals surface area contributed by atoms with E-state index in [1.165, 1.54) is 0 Å². The molecule has 0 radical (unpaired) electrons. The molecular weight excluding hydrogens is 440 g/mol. The van der Waals surface area contributed by atoms with Gasteiger partial charge in [-0.3, -0.25) is 4.18 Å². The van der Waals surface area contributed by atoms with Crippen LogP contribution < -0.4 is 0 Å². The molecule has 0 aliphatic carbocycles. The molecular formula is C26H36O6S. The molecule has 0 saturated carbocycles. The Morgan fingerprint density at radius 1 is 1.06 bits per heavy atom. The fourth-order valence-electron chi connectivity index (χ4n) is 4.13. The van der Waals surface area contributed by atoms with Gasteiger partial charge in [0.2, 0.25) is 0 Å². The van der Waals surface area contributed by atoms with Crippen LogP contribution in [-0.4, -0.2) is 39.6 Å². The summed E-state index contributed by atoms with van der Waals surface area (Å²) in [5.74, 6) is -0.827. The summed E-state index contributed by atoms with van der Waals surface area (Å²) >= 11 is 0. The second-order valence-corrected chi connectivity index (χ2v) is 11.0. The summed E-state index contributed by atoms with van der Waals surface area (Å²) < 4.78 is 49.1. The zero-order valence-corrected chi connectivity index (χ0v) is 21.0. The molecule has 2 aromatic carbocycles. The zero-order chi connectivity index (χ0) is 24.1. The number of aryl methyl sites for hydroxylation is 1. The van der Waals surface area contributed by atoms with Crippen molar-refractivity contribution in [3.63, 3.8) is 0 Å². The van der Waals surface area contributed by atoms with Gasteiger partial charge in [0.05, 0.1) is 36.9 Å². The molecule has 1 aliphatic rings. The number of hydrogen-bond donors (Lipinski definition) is 0. The van der Waals surface area contributed by atoms with Crippen molar-refractivity contribution < 1.29 is 26.8 Å². The first-order chi connectivity index (χ1) is 15.6. The average Bonchev–Trinajstić information content (AvgIpc) is 2.78. The van der Waals surface area contributed by atoms with Gasteiger partial charge in [-0.15, -0.1) is 0 Å². The topological polar surface area (TPSA) is 71.1 Å². The van der Waals surface area contributed by atoms with E-state index in [1.54, 1.807) is 24.3 Å². The normalized spacial score (nSPS) is 21.3. The van der Waals surface area contributed by atoms with Crippen molar-refractivity contribution in [1.29, 1.82) is 0 Å². The van der Waals surface area contributed by atoms with E-state index in [0.29, 0.717) is 13.2 Å². The first-order valence-corrected chi connectivity index (χ1v) is 12.9. The first-order valence-electron chi connectivity index (χ1n) is 11.5. The highest BCUT2D eigenvalue weighted by Gasteiger charge is 2.38. The van der Waals surface area contributed by atoms with E-state index in [1.807, 2.05) is 58.0 Å². The lowest BCUT2D eigenvalue weighted by molar-refractivity contribution is -0.288. The van der Waals surface area contributed by atoms with Crippen molar-refractivity contribution >= 4 is 10.1 Å². The van der Waals surface area contributed by atoms with Crippen molar-refractivity contribution in [2.45, 2.75) is 70.5 Å². The zero-order valence-electron chi connectivity index (χ0n) is 20.2. The van der Waals surface area contributed by atoms with Crippen molar-refractivity contribution in [2.24, 2.45) is 11.8 Å². The maximum absolute atomic E-state index is 12.7. The number of ether oxygens (including phenoxy) is 3. The van der Waals surface area contributed by atoms with E-state index in [2.05, 4.69) is 6.92 Å². The summed E-state index contributed by atoms with van der Waals surface area (Å²) in [6.07, 6.45) is 0.424. The molecule has 0 aromatic heterocycles. The van der Waals surface area contributed by atoms with Gasteiger partial charge in [-0.1, -0.05) is 61.9 Å². The highest BCUT2D eigenvalue weighted by Crippen LogP contribution is 2.32. The minimum atomic E-state index is -3.85. The molecule has 6 nitrogen and oxygen atoms in total. The molecule has 0 amide bonds. The van der Waals surface area contributed by atoms with Gasteiger partial charge in [0.15, 0.2) is 5.79 Å². The molecule has 1 saturated heterocycles. The molecule has 1 aliphatic heterocycles. The third-order valence-corrected chi connectivity index (χ3v) is 7.33. The average molecular weight is 477 g/mol. The Morgan fingerprint density at radius 3 is 2.36 bits per heavy atom. The maximum atomic E-state index is 12.7. The SMILES string of the molecule is Cc1ccc(S(=O)(=O)OC[C@@H](C)[C@@H](OCc2ccccc2)[C@H](C)[C@H]2CCOC(C)(C)O2)cc1. The minimum absolute atomic E-state index is 0.0116. The van der Waals surface area contributed by atoms with Gasteiger partial charge >= 0.3 is 0 Å². The second-order valence-electron chi connectivity index (χ2n) is 9.34. The van der Waals surface area contributed by atoms with Crippen LogP contribution in [0.3, 0.4) is 0 Å². The van der Waals surface area contributed by atoms with E-state index in [9.17, 15) is 8.42 Å². The molecule has 4 atom stereocenters. The van der Waals surface area contributed by atoms with Gasteiger partial charge in [-0.2, -0.15) is 8.42 Å². The van der Waals surface area contributed by atoms with Gasteiger partial charge in [0.25, 0.3) is 10.1 Å². The molecule has 182 valence electrons. The van der Waals surface area contributed by atoms with Gasteiger partial charge in [-0.25, -0.2) is 0 Å². The Balaban J connectivity index is 1.71. The van der Waals surface area contributed by atoms with E-state index >= 15 is 0 Å². The number of hydrogen-bond acceptors (Lipinski definition) is 6. The third kappa shape index (κ3) is 7.36. The van der Waals surface area contributed by atoms with Crippen LogP contribution in [0, 0.1) is 18.8 Å². The molecule has 1 heterocycles. The van der Waals surface area contributed by atoms with Crippen molar-refractivity contribution in [1.82, 2.24) is 0 Å². The molecule has 0 unspecified atom stereocenters. The summed E-state index contributed by atoms with van der Waals surface area (Å²) in [6.45, 7) is 10.8. The molecule has 33 heavy (non-hydrogen) atoms. The molecule has 0 spiro atoms. The monoisotopic (exact) mass is 476 g/mol. The van der Waals surface area contributed by atoms with E-state index < -0.39 is 15.9 Å². The summed E-state index contributed by atoms with van der Waals surface area (Å²) in [4.78, 5) is 0.157. The quantitative estimate of drug-likeness (QED) is 0.444. The third-order valence-electron chi connectivity index (χ3n) is 6.03. The van der Waals surface area contributed by atoms with E-state index in [0.717, 1.165) is 17.5 Å². The fraction of sp³-hybridized carbons (Fsp3) is 0.538. The molecule has 2 aromatic rings. The van der Waals surface area contributed by atoms with Gasteiger partial charge in [0.1, 0.15) is 0 Å². The van der Waals surface area contributed by atoms with Crippen LogP contribution in [0.5, 0.6) is 0 Å². The number of rotatable bonds is 10. The molecule has 3 rings (SSSR count). The lowest BCUT2D eigenvalue weighted by Gasteiger charge is -2.42. The Kier molecular flexibility index (Phi) is 8.70. The molecule has 0 bridgehead atoms. The van der Waals surface area contributed by atoms with Crippen LogP contribution >= 0.6 is 0 Å². The van der Waals surface area contributed by atoms with Crippen LogP contribution in [0.15, 0.2) is 59.5 Å². The van der Waals surface area contributed by atoms with Gasteiger partial charge < -0.3 is 14.2 Å². The standard InChI is InChI=1S/C26H36O6S/c1-19-11-13-23(14-12-19)33(27,28)31-17-20(2)25(29-18-22-9-7-6-8-10-22)21(3)24-15-16-30-26(4,5)32-24/h6-14,20-21,24-25H,15-18H2,1-5H3/t20-,21-,24-,25-/m1/s1. The Morgan fingerprint density at radius 2 is 1.73 bits per heavy atom. The van der Waals surface area contributed by atoms with Crippen LogP contribution in [-0.2, 0) is 35.1 Å². The lowest BCUT2D eigenvalue weighted by atomic mass is 9.87. The van der Waals surface area contributed by atoms with Gasteiger partial charge in [-0.05, 0) is 44.9 Å². The lowest BCUT2D eigenvalue weighted by Crippen LogP contribution is -2.47. The summed E-state index contributed by atoms with van der Waals surface area (Å²) in [6, 6.07) is 16.6. The fourth-order valence-corrected chi connectivity index (χ4v) is 5.13. The smallest absolute Gasteiger partial charge is 0.296 e. The predicted octanol–water partition coefficient (Wildman–Crippen LogP) is 5.10. The Hall–Kier alpha value is -1.77. The summed E-state index contributed by atoms with van der Waals surface area (Å²) in [5.41, 5.74) is 2.05. The van der Waals surface area contributed by atoms with E-state index in [-0.39, 0.29) is 35.5 Å². The summed E-state index contributed by atoms with van der Waals surface area (Å²) in [5, 5.41) is 0. The van der Waals surface area contributed by atoms with Crippen LogP contribution in [0.1, 0.15) is 45.2 Å². The first kappa shape index (κ1) is 25.8. The Bertz CT molecular complexity index is 972. The highest BCUT2D eigenvalue weighted by molar-refractivity contribution is 7.86. The molecule has 7 heteroatoms.